The van der Waals surface area contributed by atoms with E-state index in [1.807, 2.05) is 0 Å². The van der Waals surface area contributed by atoms with Crippen molar-refractivity contribution < 1.29 is 14.0 Å². The van der Waals surface area contributed by atoms with E-state index in [4.69, 9.17) is 0 Å². The molecule has 0 aliphatic rings. The van der Waals surface area contributed by atoms with Crippen molar-refractivity contribution in [3.8, 4) is 0 Å². The maximum atomic E-state index is 12.9. The van der Waals surface area contributed by atoms with E-state index in [1.165, 1.54) is 35.1 Å². The molecular formula is C18H15FN4O3. The number of ketones is 1. The van der Waals surface area contributed by atoms with Crippen LogP contribution in [0.2, 0.25) is 0 Å². The highest BCUT2D eigenvalue weighted by molar-refractivity contribution is 5.97. The van der Waals surface area contributed by atoms with Gasteiger partial charge in [-0.15, -0.1) is 0 Å². The molecule has 0 saturated heterocycles. The van der Waals surface area contributed by atoms with E-state index in [9.17, 15) is 18.8 Å². The Bertz CT molecular complexity index is 1040. The summed E-state index contributed by atoms with van der Waals surface area (Å²) in [7, 11) is 1.60. The quantitative estimate of drug-likeness (QED) is 0.738. The minimum atomic E-state index is -0.745. The Labute approximate surface area is 147 Å². The van der Waals surface area contributed by atoms with Crippen molar-refractivity contribution in [1.29, 1.82) is 0 Å². The van der Waals surface area contributed by atoms with E-state index in [2.05, 4.69) is 15.4 Å². The number of aromatic nitrogens is 3. The van der Waals surface area contributed by atoms with Crippen molar-refractivity contribution in [3.63, 3.8) is 0 Å². The van der Waals surface area contributed by atoms with Gasteiger partial charge in [-0.25, -0.2) is 4.39 Å². The molecular weight excluding hydrogens is 339 g/mol. The van der Waals surface area contributed by atoms with Crippen LogP contribution in [0.4, 0.5) is 4.39 Å². The summed E-state index contributed by atoms with van der Waals surface area (Å²) in [6.45, 7) is -0.263. The molecule has 3 rings (SSSR count). The van der Waals surface area contributed by atoms with Crippen molar-refractivity contribution in [3.05, 3.63) is 69.9 Å². The van der Waals surface area contributed by atoms with Crippen LogP contribution in [0.1, 0.15) is 16.1 Å². The van der Waals surface area contributed by atoms with Crippen molar-refractivity contribution in [2.24, 2.45) is 7.05 Å². The second-order valence-corrected chi connectivity index (χ2v) is 5.70. The Kier molecular flexibility index (Phi) is 4.83. The van der Waals surface area contributed by atoms with Gasteiger partial charge in [-0.2, -0.15) is 5.10 Å². The summed E-state index contributed by atoms with van der Waals surface area (Å²) in [4.78, 5) is 40.6. The molecule has 0 aliphatic carbocycles. The molecule has 7 nitrogen and oxygen atoms in total. The second kappa shape index (κ2) is 7.22. The summed E-state index contributed by atoms with van der Waals surface area (Å²) in [6, 6.07) is 8.86. The number of pyridine rings is 1. The van der Waals surface area contributed by atoms with Crippen LogP contribution >= 0.6 is 0 Å². The van der Waals surface area contributed by atoms with Crippen molar-refractivity contribution >= 4 is 22.7 Å². The van der Waals surface area contributed by atoms with Crippen molar-refractivity contribution in [1.82, 2.24) is 20.1 Å². The topological polar surface area (TPSA) is 94.0 Å². The molecule has 8 heteroatoms. The van der Waals surface area contributed by atoms with Gasteiger partial charge in [0.1, 0.15) is 11.3 Å². The summed E-state index contributed by atoms with van der Waals surface area (Å²) < 4.78 is 14.2. The summed E-state index contributed by atoms with van der Waals surface area (Å²) in [5.74, 6) is -1.41. The molecule has 0 bridgehead atoms. The lowest BCUT2D eigenvalue weighted by Gasteiger charge is -2.07. The molecule has 0 saturated carbocycles. The maximum Gasteiger partial charge on any atom is 0.276 e. The Morgan fingerprint density at radius 2 is 1.92 bits per heavy atom. The smallest absolute Gasteiger partial charge is 0.276 e. The summed E-state index contributed by atoms with van der Waals surface area (Å²) in [6.07, 6.45) is 1.50. The van der Waals surface area contributed by atoms with E-state index >= 15 is 0 Å². The number of hydrogen-bond acceptors (Lipinski definition) is 5. The first-order valence-corrected chi connectivity index (χ1v) is 7.82. The molecule has 1 N–H and O–H groups in total. The fourth-order valence-corrected chi connectivity index (χ4v) is 2.50. The fraction of sp³-hybridized carbons (Fsp3) is 0.167. The average molecular weight is 354 g/mol. The summed E-state index contributed by atoms with van der Waals surface area (Å²) >= 11 is 0. The Morgan fingerprint density at radius 3 is 2.65 bits per heavy atom. The number of fused-ring (bicyclic) bond motifs is 1. The van der Waals surface area contributed by atoms with Gasteiger partial charge in [-0.05, 0) is 29.8 Å². The van der Waals surface area contributed by atoms with E-state index < -0.39 is 11.3 Å². The van der Waals surface area contributed by atoms with Crippen LogP contribution in [0.25, 0.3) is 11.0 Å². The van der Waals surface area contributed by atoms with Crippen molar-refractivity contribution in [2.45, 2.75) is 6.42 Å². The van der Waals surface area contributed by atoms with E-state index in [0.29, 0.717) is 11.1 Å². The molecule has 0 fully saturated rings. The van der Waals surface area contributed by atoms with E-state index in [-0.39, 0.29) is 35.8 Å². The van der Waals surface area contributed by atoms with Crippen molar-refractivity contribution in [2.75, 3.05) is 6.54 Å². The number of aryl methyl sites for hydroxylation is 1. The number of halogens is 1. The van der Waals surface area contributed by atoms with E-state index in [0.717, 1.165) is 0 Å². The number of carbonyl (C=O) groups is 2. The molecule has 26 heavy (non-hydrogen) atoms. The minimum absolute atomic E-state index is 0.0469. The van der Waals surface area contributed by atoms with Gasteiger partial charge in [-0.1, -0.05) is 12.1 Å². The van der Waals surface area contributed by atoms with Crippen LogP contribution in [0.5, 0.6) is 0 Å². The van der Waals surface area contributed by atoms with Gasteiger partial charge in [-0.3, -0.25) is 24.0 Å². The third kappa shape index (κ3) is 3.64. The molecule has 0 atom stereocenters. The van der Waals surface area contributed by atoms with Gasteiger partial charge in [0.25, 0.3) is 5.91 Å². The fourth-order valence-electron chi connectivity index (χ4n) is 2.50. The molecule has 0 aliphatic heterocycles. The molecule has 3 aromatic rings. The maximum absolute atomic E-state index is 12.9. The standard InChI is InChI=1S/C18H15FN4O3/c1-23-14-3-2-8-20-15(14)17(25)16(22-23)18(26)21-10-13(24)9-11-4-6-12(19)7-5-11/h2-8H,9-10H2,1H3,(H,21,26). The second-order valence-electron chi connectivity index (χ2n) is 5.70. The molecule has 1 amide bonds. The van der Waals surface area contributed by atoms with Gasteiger partial charge in [0.2, 0.25) is 5.43 Å². The third-order valence-corrected chi connectivity index (χ3v) is 3.79. The number of rotatable bonds is 5. The highest BCUT2D eigenvalue weighted by Gasteiger charge is 2.17. The average Bonchev–Trinajstić information content (AvgIpc) is 2.64. The number of nitrogens with zero attached hydrogens (tertiary/aromatic N) is 3. The molecule has 0 unspecified atom stereocenters. The first kappa shape index (κ1) is 17.4. The number of Topliss-reactive ketones (excluding diaryl/α,β-unsaturated/α-hetero) is 1. The van der Waals surface area contributed by atoms with Crippen LogP contribution < -0.4 is 10.7 Å². The predicted octanol–water partition coefficient (Wildman–Crippen LogP) is 1.01. The molecule has 0 radical (unpaired) electrons. The molecule has 0 spiro atoms. The zero-order valence-electron chi connectivity index (χ0n) is 13.9. The van der Waals surface area contributed by atoms with Gasteiger partial charge >= 0.3 is 0 Å². The highest BCUT2D eigenvalue weighted by atomic mass is 19.1. The zero-order valence-corrected chi connectivity index (χ0v) is 13.9. The van der Waals surface area contributed by atoms with Crippen LogP contribution in [0.15, 0.2) is 47.4 Å². The predicted molar refractivity (Wildman–Crippen MR) is 92.2 cm³/mol. The van der Waals surface area contributed by atoms with Crippen LogP contribution in [0.3, 0.4) is 0 Å². The van der Waals surface area contributed by atoms with Gasteiger partial charge in [0, 0.05) is 19.7 Å². The van der Waals surface area contributed by atoms with Gasteiger partial charge in [0.05, 0.1) is 12.1 Å². The van der Waals surface area contributed by atoms with E-state index in [1.54, 1.807) is 19.2 Å². The number of benzene rings is 1. The molecule has 132 valence electrons. The van der Waals surface area contributed by atoms with Crippen LogP contribution in [-0.2, 0) is 18.3 Å². The monoisotopic (exact) mass is 354 g/mol. The highest BCUT2D eigenvalue weighted by Crippen LogP contribution is 2.05. The number of hydrogen-bond donors (Lipinski definition) is 1. The number of amides is 1. The van der Waals surface area contributed by atoms with Crippen LogP contribution in [-0.4, -0.2) is 33.0 Å². The summed E-state index contributed by atoms with van der Waals surface area (Å²) in [5, 5.41) is 6.37. The number of nitrogens with one attached hydrogen (secondary N) is 1. The first-order valence-electron chi connectivity index (χ1n) is 7.82. The first-order chi connectivity index (χ1) is 12.5. The zero-order chi connectivity index (χ0) is 18.7. The molecule has 2 aromatic heterocycles. The van der Waals surface area contributed by atoms with Gasteiger partial charge < -0.3 is 5.32 Å². The lowest BCUT2D eigenvalue weighted by atomic mass is 10.1. The SMILES string of the molecule is Cn1nc(C(=O)NCC(=O)Cc2ccc(F)cc2)c(=O)c2ncccc21. The molecule has 2 heterocycles. The van der Waals surface area contributed by atoms with Gasteiger partial charge in [0.15, 0.2) is 11.5 Å². The van der Waals surface area contributed by atoms with Crippen LogP contribution in [0, 0.1) is 5.82 Å². The third-order valence-electron chi connectivity index (χ3n) is 3.79. The lowest BCUT2D eigenvalue weighted by Crippen LogP contribution is -2.35. The Morgan fingerprint density at radius 1 is 1.19 bits per heavy atom. The Balaban J connectivity index is 1.71. The minimum Gasteiger partial charge on any atom is -0.343 e. The summed E-state index contributed by atoms with van der Waals surface area (Å²) in [5.41, 5.74) is 0.347. The molecule has 1 aromatic carbocycles. The normalized spacial score (nSPS) is 10.7. The Hall–Kier alpha value is -3.42. The lowest BCUT2D eigenvalue weighted by molar-refractivity contribution is -0.117. The number of carbonyl (C=O) groups excluding carboxylic acids is 2. The largest absolute Gasteiger partial charge is 0.343 e.